The van der Waals surface area contributed by atoms with E-state index in [0.717, 1.165) is 12.0 Å². The van der Waals surface area contributed by atoms with Gasteiger partial charge in [-0.1, -0.05) is 0 Å². The van der Waals surface area contributed by atoms with Crippen LogP contribution < -0.4 is 5.73 Å². The summed E-state index contributed by atoms with van der Waals surface area (Å²) in [6, 6.07) is 1.11. The number of hydrogen-bond donors (Lipinski definition) is 1. The molecule has 0 aromatic carbocycles. The molecule has 2 heterocycles. The highest BCUT2D eigenvalue weighted by atomic mass is 32.1. The average molecular weight is 199 g/mol. The van der Waals surface area contributed by atoms with Crippen molar-refractivity contribution in [1.29, 1.82) is 0 Å². The van der Waals surface area contributed by atoms with Crippen molar-refractivity contribution in [3.63, 3.8) is 0 Å². The van der Waals surface area contributed by atoms with Gasteiger partial charge in [-0.05, 0) is 17.0 Å². The molecule has 0 saturated carbocycles. The maximum absolute atomic E-state index is 13.1. The minimum absolute atomic E-state index is 0.217. The van der Waals surface area contributed by atoms with Gasteiger partial charge in [0.1, 0.15) is 5.82 Å². The van der Waals surface area contributed by atoms with Gasteiger partial charge >= 0.3 is 0 Å². The highest BCUT2D eigenvalue weighted by Crippen LogP contribution is 2.30. The van der Waals surface area contributed by atoms with E-state index < -0.39 is 0 Å². The maximum Gasteiger partial charge on any atom is 0.139 e. The van der Waals surface area contributed by atoms with Crippen molar-refractivity contribution in [2.24, 2.45) is 5.73 Å². The van der Waals surface area contributed by atoms with Crippen LogP contribution in [0.2, 0.25) is 0 Å². The quantitative estimate of drug-likeness (QED) is 0.792. The van der Waals surface area contributed by atoms with Gasteiger partial charge in [0.05, 0.1) is 23.8 Å². The second-order valence-corrected chi connectivity index (χ2v) is 3.87. The molecular formula is C9H10FNOS. The minimum Gasteiger partial charge on any atom is -0.501 e. The molecular weight excluding hydrogens is 189 g/mol. The second kappa shape index (κ2) is 3.47. The van der Waals surface area contributed by atoms with Crippen molar-refractivity contribution in [3.8, 4) is 0 Å². The Morgan fingerprint density at radius 3 is 3.00 bits per heavy atom. The Labute approximate surface area is 79.8 Å². The fourth-order valence-corrected chi connectivity index (χ4v) is 2.14. The van der Waals surface area contributed by atoms with Crippen molar-refractivity contribution >= 4 is 11.3 Å². The SMILES string of the molecule is NC(C1=COCC1)c1sccc1F. The first-order valence-corrected chi connectivity index (χ1v) is 4.96. The van der Waals surface area contributed by atoms with E-state index in [1.165, 1.54) is 17.4 Å². The van der Waals surface area contributed by atoms with E-state index in [-0.39, 0.29) is 11.9 Å². The number of ether oxygens (including phenoxy) is 1. The van der Waals surface area contributed by atoms with E-state index in [4.69, 9.17) is 10.5 Å². The number of nitrogens with two attached hydrogens (primary N) is 1. The Bertz CT molecular complexity index is 334. The first-order valence-electron chi connectivity index (χ1n) is 4.08. The van der Waals surface area contributed by atoms with Crippen molar-refractivity contribution in [2.45, 2.75) is 12.5 Å². The van der Waals surface area contributed by atoms with Crippen molar-refractivity contribution in [1.82, 2.24) is 0 Å². The van der Waals surface area contributed by atoms with Crippen molar-refractivity contribution in [3.05, 3.63) is 34.0 Å². The summed E-state index contributed by atoms with van der Waals surface area (Å²) in [4.78, 5) is 0.594. The molecule has 1 atom stereocenters. The van der Waals surface area contributed by atoms with Crippen LogP contribution in [-0.2, 0) is 4.74 Å². The summed E-state index contributed by atoms with van der Waals surface area (Å²) < 4.78 is 18.2. The van der Waals surface area contributed by atoms with E-state index in [1.807, 2.05) is 0 Å². The molecule has 4 heteroatoms. The Kier molecular flexibility index (Phi) is 2.33. The van der Waals surface area contributed by atoms with Crippen LogP contribution in [0.25, 0.3) is 0 Å². The predicted octanol–water partition coefficient (Wildman–Crippen LogP) is 2.19. The fourth-order valence-electron chi connectivity index (χ4n) is 1.33. The van der Waals surface area contributed by atoms with Gasteiger partial charge in [-0.3, -0.25) is 0 Å². The second-order valence-electron chi connectivity index (χ2n) is 2.92. The smallest absolute Gasteiger partial charge is 0.139 e. The lowest BCUT2D eigenvalue weighted by Gasteiger charge is -2.08. The average Bonchev–Trinajstić information content (AvgIpc) is 2.72. The molecule has 1 aromatic heterocycles. The zero-order chi connectivity index (χ0) is 9.26. The van der Waals surface area contributed by atoms with Crippen LogP contribution in [0, 0.1) is 5.82 Å². The molecule has 1 aliphatic rings. The molecule has 0 fully saturated rings. The third kappa shape index (κ3) is 1.59. The summed E-state index contributed by atoms with van der Waals surface area (Å²) in [7, 11) is 0. The molecule has 0 radical (unpaired) electrons. The summed E-state index contributed by atoms with van der Waals surface area (Å²) in [5.41, 5.74) is 6.84. The predicted molar refractivity (Wildman–Crippen MR) is 49.9 cm³/mol. The molecule has 1 aliphatic heterocycles. The largest absolute Gasteiger partial charge is 0.501 e. The monoisotopic (exact) mass is 199 g/mol. The molecule has 0 spiro atoms. The molecule has 2 rings (SSSR count). The summed E-state index contributed by atoms with van der Waals surface area (Å²) in [5, 5.41) is 1.71. The van der Waals surface area contributed by atoms with Crippen LogP contribution in [0.3, 0.4) is 0 Å². The Morgan fingerprint density at radius 1 is 1.62 bits per heavy atom. The van der Waals surface area contributed by atoms with Crippen LogP contribution in [0.5, 0.6) is 0 Å². The van der Waals surface area contributed by atoms with Gasteiger partial charge in [0.15, 0.2) is 0 Å². The summed E-state index contributed by atoms with van der Waals surface area (Å²) in [5.74, 6) is -0.217. The van der Waals surface area contributed by atoms with E-state index in [2.05, 4.69) is 0 Å². The molecule has 1 aromatic rings. The van der Waals surface area contributed by atoms with Gasteiger partial charge in [-0.15, -0.1) is 11.3 Å². The molecule has 0 saturated heterocycles. The van der Waals surface area contributed by atoms with Crippen LogP contribution in [0.15, 0.2) is 23.3 Å². The van der Waals surface area contributed by atoms with Gasteiger partial charge in [0, 0.05) is 6.42 Å². The number of hydrogen-bond acceptors (Lipinski definition) is 3. The fraction of sp³-hybridized carbons (Fsp3) is 0.333. The summed E-state index contributed by atoms with van der Waals surface area (Å²) in [6.45, 7) is 0.663. The van der Waals surface area contributed by atoms with Gasteiger partial charge in [0.2, 0.25) is 0 Å². The zero-order valence-corrected chi connectivity index (χ0v) is 7.81. The highest BCUT2D eigenvalue weighted by Gasteiger charge is 2.19. The topological polar surface area (TPSA) is 35.2 Å². The Hall–Kier alpha value is -0.870. The lowest BCUT2D eigenvalue weighted by molar-refractivity contribution is 0.281. The van der Waals surface area contributed by atoms with E-state index in [1.54, 1.807) is 11.6 Å². The maximum atomic E-state index is 13.1. The van der Waals surface area contributed by atoms with Crippen molar-refractivity contribution < 1.29 is 9.13 Å². The Balaban J connectivity index is 2.21. The molecule has 2 nitrogen and oxygen atoms in total. The first kappa shape index (κ1) is 8.72. The molecule has 70 valence electrons. The molecule has 13 heavy (non-hydrogen) atoms. The first-order chi connectivity index (χ1) is 6.29. The normalized spacial score (nSPS) is 18.2. The van der Waals surface area contributed by atoms with E-state index in [9.17, 15) is 4.39 Å². The summed E-state index contributed by atoms with van der Waals surface area (Å²) >= 11 is 1.35. The number of rotatable bonds is 2. The summed E-state index contributed by atoms with van der Waals surface area (Å²) in [6.07, 6.45) is 2.45. The van der Waals surface area contributed by atoms with Gasteiger partial charge in [-0.2, -0.15) is 0 Å². The number of thiophene rings is 1. The lowest BCUT2D eigenvalue weighted by Crippen LogP contribution is -2.12. The van der Waals surface area contributed by atoms with Crippen LogP contribution in [-0.4, -0.2) is 6.61 Å². The third-order valence-electron chi connectivity index (χ3n) is 2.07. The van der Waals surface area contributed by atoms with Crippen LogP contribution >= 0.6 is 11.3 Å². The van der Waals surface area contributed by atoms with Gasteiger partial charge < -0.3 is 10.5 Å². The molecule has 0 amide bonds. The van der Waals surface area contributed by atoms with Crippen LogP contribution in [0.4, 0.5) is 4.39 Å². The third-order valence-corrected chi connectivity index (χ3v) is 3.05. The van der Waals surface area contributed by atoms with Gasteiger partial charge in [-0.25, -0.2) is 4.39 Å². The zero-order valence-electron chi connectivity index (χ0n) is 7.00. The highest BCUT2D eigenvalue weighted by molar-refractivity contribution is 7.10. The minimum atomic E-state index is -0.331. The molecule has 0 bridgehead atoms. The standard InChI is InChI=1S/C9H10FNOS/c10-7-2-4-13-9(7)8(11)6-1-3-12-5-6/h2,4-5,8H,1,3,11H2. The molecule has 1 unspecified atom stereocenters. The molecule has 2 N–H and O–H groups in total. The van der Waals surface area contributed by atoms with Crippen LogP contribution in [0.1, 0.15) is 17.3 Å². The number of halogens is 1. The van der Waals surface area contributed by atoms with E-state index in [0.29, 0.717) is 11.5 Å². The lowest BCUT2D eigenvalue weighted by atomic mass is 10.1. The molecule has 0 aliphatic carbocycles. The Morgan fingerprint density at radius 2 is 2.46 bits per heavy atom. The van der Waals surface area contributed by atoms with E-state index >= 15 is 0 Å². The van der Waals surface area contributed by atoms with Crippen molar-refractivity contribution in [2.75, 3.05) is 6.61 Å². The van der Waals surface area contributed by atoms with Gasteiger partial charge in [0.25, 0.3) is 0 Å².